The molecule has 38 heavy (non-hydrogen) atoms. The molecule has 0 N–H and O–H groups in total. The van der Waals surface area contributed by atoms with Crippen molar-refractivity contribution in [2.45, 2.75) is 26.2 Å². The zero-order chi connectivity index (χ0) is 26.2. The molecular weight excluding hydrogens is 465 g/mol. The fraction of sp³-hybridized carbons (Fsp3) is 0.139. The van der Waals surface area contributed by atoms with E-state index in [0.717, 1.165) is 32.8 Å². The zero-order valence-corrected chi connectivity index (χ0v) is 22.1. The van der Waals surface area contributed by atoms with Gasteiger partial charge in [0.05, 0.1) is 5.56 Å². The molecule has 1 aliphatic carbocycles. The molecule has 1 heterocycles. The smallest absolute Gasteiger partial charge is 0.206 e. The van der Waals surface area contributed by atoms with Crippen molar-refractivity contribution in [2.24, 2.45) is 7.05 Å². The van der Waals surface area contributed by atoms with Crippen molar-refractivity contribution in [2.75, 3.05) is 0 Å². The summed E-state index contributed by atoms with van der Waals surface area (Å²) in [6.07, 6.45) is 2.09. The lowest BCUT2D eigenvalue weighted by molar-refractivity contribution is -0.660. The van der Waals surface area contributed by atoms with Gasteiger partial charge >= 0.3 is 0 Å². The quantitative estimate of drug-likeness (QED) is 0.167. The molecule has 184 valence electrons. The average molecular weight is 495 g/mol. The van der Waals surface area contributed by atoms with Crippen molar-refractivity contribution >= 4 is 21.5 Å². The van der Waals surface area contributed by atoms with Crippen LogP contribution < -0.4 is 4.57 Å². The number of rotatable bonds is 2. The highest BCUT2D eigenvalue weighted by Crippen LogP contribution is 2.56. The molecule has 2 heteroatoms. The maximum Gasteiger partial charge on any atom is 0.212 e. The largest absolute Gasteiger partial charge is 0.212 e. The van der Waals surface area contributed by atoms with E-state index < -0.39 is 5.41 Å². The van der Waals surface area contributed by atoms with Crippen molar-refractivity contribution in [3.05, 3.63) is 126 Å². The third-order valence-corrected chi connectivity index (χ3v) is 8.46. The van der Waals surface area contributed by atoms with Crippen LogP contribution in [0, 0.1) is 12.7 Å². The summed E-state index contributed by atoms with van der Waals surface area (Å²) in [6, 6.07) is 33.4. The van der Waals surface area contributed by atoms with E-state index >= 15 is 4.39 Å². The molecule has 5 aromatic carbocycles. The van der Waals surface area contributed by atoms with Crippen LogP contribution in [-0.4, -0.2) is 0 Å². The minimum Gasteiger partial charge on any atom is -0.206 e. The zero-order valence-electron chi connectivity index (χ0n) is 22.1. The van der Waals surface area contributed by atoms with Crippen molar-refractivity contribution in [3.8, 4) is 33.5 Å². The van der Waals surface area contributed by atoms with E-state index in [9.17, 15) is 0 Å². The van der Waals surface area contributed by atoms with E-state index in [0.29, 0.717) is 5.56 Å². The predicted molar refractivity (Wildman–Crippen MR) is 156 cm³/mol. The first-order chi connectivity index (χ1) is 18.4. The van der Waals surface area contributed by atoms with Crippen LogP contribution in [0.1, 0.15) is 30.5 Å². The van der Waals surface area contributed by atoms with E-state index in [4.69, 9.17) is 0 Å². The van der Waals surface area contributed by atoms with Gasteiger partial charge in [0.15, 0.2) is 6.20 Å². The number of benzene rings is 5. The number of aromatic nitrogens is 1. The van der Waals surface area contributed by atoms with Gasteiger partial charge in [-0.15, -0.1) is 0 Å². The molecule has 0 bridgehead atoms. The second kappa shape index (κ2) is 8.10. The van der Waals surface area contributed by atoms with Gasteiger partial charge in [0, 0.05) is 23.1 Å². The van der Waals surface area contributed by atoms with E-state index in [2.05, 4.69) is 124 Å². The summed E-state index contributed by atoms with van der Waals surface area (Å²) in [7, 11) is 2.09. The normalized spacial score (nSPS) is 13.6. The monoisotopic (exact) mass is 494 g/mol. The maximum atomic E-state index is 16.2. The van der Waals surface area contributed by atoms with E-state index in [1.165, 1.54) is 33.3 Å². The Labute approximate surface area is 222 Å². The molecule has 0 saturated heterocycles. The fourth-order valence-corrected chi connectivity index (χ4v) is 6.79. The van der Waals surface area contributed by atoms with Gasteiger partial charge < -0.3 is 0 Å². The molecular formula is C36H29FN+. The standard InChI is InChI=1S/C36H29FN/c1-22-16-17-27-28-18-19-30(37)33(29-21-23-11-5-6-12-24(23)25-13-7-8-14-26(25)29)35(28)36(2,3)34(27)32(22)31-15-9-10-20-38(31)4/h5-21H,1-4H3/q+1. The first-order valence-corrected chi connectivity index (χ1v) is 13.2. The van der Waals surface area contributed by atoms with Crippen LogP contribution in [0.5, 0.6) is 0 Å². The molecule has 0 radical (unpaired) electrons. The van der Waals surface area contributed by atoms with Crippen molar-refractivity contribution < 1.29 is 8.96 Å². The molecule has 0 saturated carbocycles. The van der Waals surface area contributed by atoms with Crippen molar-refractivity contribution in [1.29, 1.82) is 0 Å². The lowest BCUT2D eigenvalue weighted by Gasteiger charge is -2.27. The Morgan fingerprint density at radius 1 is 0.632 bits per heavy atom. The summed E-state index contributed by atoms with van der Waals surface area (Å²) >= 11 is 0. The Morgan fingerprint density at radius 3 is 2.03 bits per heavy atom. The highest BCUT2D eigenvalue weighted by Gasteiger charge is 2.42. The number of hydrogen-bond donors (Lipinski definition) is 0. The predicted octanol–water partition coefficient (Wildman–Crippen LogP) is 8.91. The second-order valence-corrected chi connectivity index (χ2v) is 11.0. The number of halogens is 1. The molecule has 0 atom stereocenters. The topological polar surface area (TPSA) is 3.88 Å². The van der Waals surface area contributed by atoms with Crippen LogP contribution in [0.25, 0.3) is 55.1 Å². The van der Waals surface area contributed by atoms with Crippen LogP contribution in [0.4, 0.5) is 4.39 Å². The van der Waals surface area contributed by atoms with Gasteiger partial charge in [-0.05, 0) is 80.0 Å². The Bertz CT molecular complexity index is 1930. The Morgan fingerprint density at radius 2 is 1.26 bits per heavy atom. The van der Waals surface area contributed by atoms with Gasteiger partial charge in [-0.2, -0.15) is 0 Å². The molecule has 6 aromatic rings. The first-order valence-electron chi connectivity index (χ1n) is 13.2. The van der Waals surface area contributed by atoms with Gasteiger partial charge in [0.25, 0.3) is 0 Å². The lowest BCUT2D eigenvalue weighted by Crippen LogP contribution is -2.31. The van der Waals surface area contributed by atoms with Crippen LogP contribution in [-0.2, 0) is 12.5 Å². The third kappa shape index (κ3) is 3.07. The number of fused-ring (bicyclic) bond motifs is 6. The molecule has 1 aliphatic rings. The van der Waals surface area contributed by atoms with Gasteiger partial charge in [0.2, 0.25) is 5.69 Å². The minimum atomic E-state index is -0.404. The van der Waals surface area contributed by atoms with Gasteiger partial charge in [-0.3, -0.25) is 0 Å². The van der Waals surface area contributed by atoms with E-state index in [1.807, 2.05) is 6.07 Å². The molecule has 0 spiro atoms. The van der Waals surface area contributed by atoms with E-state index in [-0.39, 0.29) is 5.82 Å². The minimum absolute atomic E-state index is 0.173. The summed E-state index contributed by atoms with van der Waals surface area (Å²) < 4.78 is 18.4. The summed E-state index contributed by atoms with van der Waals surface area (Å²) in [5.74, 6) is -0.173. The van der Waals surface area contributed by atoms with E-state index in [1.54, 1.807) is 6.07 Å². The van der Waals surface area contributed by atoms with Crippen molar-refractivity contribution in [1.82, 2.24) is 0 Å². The fourth-order valence-electron chi connectivity index (χ4n) is 6.79. The average Bonchev–Trinajstić information content (AvgIpc) is 3.15. The van der Waals surface area contributed by atoms with Crippen LogP contribution in [0.2, 0.25) is 0 Å². The summed E-state index contributed by atoms with van der Waals surface area (Å²) in [4.78, 5) is 0. The van der Waals surface area contributed by atoms with Crippen molar-refractivity contribution in [3.63, 3.8) is 0 Å². The lowest BCUT2D eigenvalue weighted by atomic mass is 9.75. The number of nitrogens with zero attached hydrogens (tertiary/aromatic N) is 1. The highest BCUT2D eigenvalue weighted by atomic mass is 19.1. The summed E-state index contributed by atoms with van der Waals surface area (Å²) in [5.41, 5.74) is 9.56. The molecule has 1 aromatic heterocycles. The molecule has 0 amide bonds. The van der Waals surface area contributed by atoms with Crippen LogP contribution in [0.3, 0.4) is 0 Å². The Balaban J connectivity index is 1.59. The molecule has 1 nitrogen and oxygen atoms in total. The van der Waals surface area contributed by atoms with Crippen LogP contribution >= 0.6 is 0 Å². The van der Waals surface area contributed by atoms with Gasteiger partial charge in [0.1, 0.15) is 12.9 Å². The highest BCUT2D eigenvalue weighted by molar-refractivity contribution is 6.14. The number of aryl methyl sites for hydroxylation is 2. The SMILES string of the molecule is Cc1ccc2c(c1-c1cccc[n+]1C)C(C)(C)c1c-2ccc(F)c1-c1cc2ccccc2c2ccccc12. The number of pyridine rings is 1. The Hall–Kier alpha value is -4.30. The number of hydrogen-bond acceptors (Lipinski definition) is 0. The molecule has 0 unspecified atom stereocenters. The first kappa shape index (κ1) is 22.9. The summed E-state index contributed by atoms with van der Waals surface area (Å²) in [6.45, 7) is 6.70. The van der Waals surface area contributed by atoms with Crippen LogP contribution in [0.15, 0.2) is 103 Å². The molecule has 0 fully saturated rings. The second-order valence-electron chi connectivity index (χ2n) is 11.0. The Kier molecular flexibility index (Phi) is 4.87. The maximum absolute atomic E-state index is 16.2. The molecule has 7 rings (SSSR count). The molecule has 0 aliphatic heterocycles. The summed E-state index contributed by atoms with van der Waals surface area (Å²) in [5, 5.41) is 4.55. The van der Waals surface area contributed by atoms with Gasteiger partial charge in [-0.1, -0.05) is 80.6 Å². The third-order valence-electron chi connectivity index (χ3n) is 8.46. The van der Waals surface area contributed by atoms with Gasteiger partial charge in [-0.25, -0.2) is 8.96 Å².